The summed E-state index contributed by atoms with van der Waals surface area (Å²) in [7, 11) is 0. The van der Waals surface area contributed by atoms with E-state index in [1.807, 2.05) is 0 Å². The van der Waals surface area contributed by atoms with Gasteiger partial charge in [0.25, 0.3) is 0 Å². The van der Waals surface area contributed by atoms with Crippen LogP contribution in [0.25, 0.3) is 0 Å². The van der Waals surface area contributed by atoms with Gasteiger partial charge >= 0.3 is 0 Å². The molecule has 0 aromatic rings. The highest BCUT2D eigenvalue weighted by Crippen LogP contribution is 2.49. The molecule has 2 rings (SSSR count). The molecule has 3 atom stereocenters. The standard InChI is InChI=1S/C13H25NO2/c1-11-4-2-5-12(8-11,9-14)13(15)6-3-7-16-10-13/h11,15H,2-10,14H2,1H3. The van der Waals surface area contributed by atoms with Gasteiger partial charge in [-0.1, -0.05) is 19.8 Å². The van der Waals surface area contributed by atoms with Crippen LogP contribution in [0.15, 0.2) is 0 Å². The van der Waals surface area contributed by atoms with E-state index in [1.54, 1.807) is 0 Å². The summed E-state index contributed by atoms with van der Waals surface area (Å²) in [6.45, 7) is 4.14. The molecule has 3 heteroatoms. The molecule has 1 aliphatic heterocycles. The van der Waals surface area contributed by atoms with Gasteiger partial charge in [-0.25, -0.2) is 0 Å². The third kappa shape index (κ3) is 2.01. The zero-order valence-electron chi connectivity index (χ0n) is 10.4. The Morgan fingerprint density at radius 1 is 1.38 bits per heavy atom. The Hall–Kier alpha value is -0.120. The minimum absolute atomic E-state index is 0.0922. The van der Waals surface area contributed by atoms with Gasteiger partial charge in [-0.3, -0.25) is 0 Å². The van der Waals surface area contributed by atoms with Crippen LogP contribution in [0.1, 0.15) is 45.4 Å². The summed E-state index contributed by atoms with van der Waals surface area (Å²) >= 11 is 0. The average Bonchev–Trinajstić information content (AvgIpc) is 2.29. The van der Waals surface area contributed by atoms with Crippen LogP contribution in [0, 0.1) is 11.3 Å². The monoisotopic (exact) mass is 227 g/mol. The minimum Gasteiger partial charge on any atom is -0.387 e. The normalized spacial score (nSPS) is 45.6. The van der Waals surface area contributed by atoms with E-state index in [-0.39, 0.29) is 5.41 Å². The zero-order chi connectivity index (χ0) is 11.6. The molecule has 3 N–H and O–H groups in total. The van der Waals surface area contributed by atoms with Gasteiger partial charge in [0.2, 0.25) is 0 Å². The molecule has 1 aliphatic carbocycles. The average molecular weight is 227 g/mol. The van der Waals surface area contributed by atoms with Gasteiger partial charge in [-0.05, 0) is 31.6 Å². The van der Waals surface area contributed by atoms with Crippen molar-refractivity contribution in [1.82, 2.24) is 0 Å². The van der Waals surface area contributed by atoms with Crippen molar-refractivity contribution in [1.29, 1.82) is 0 Å². The quantitative estimate of drug-likeness (QED) is 0.754. The summed E-state index contributed by atoms with van der Waals surface area (Å²) in [5.74, 6) is 0.684. The van der Waals surface area contributed by atoms with Crippen LogP contribution in [0.5, 0.6) is 0 Å². The molecule has 3 unspecified atom stereocenters. The summed E-state index contributed by atoms with van der Waals surface area (Å²) in [5, 5.41) is 10.9. The Kier molecular flexibility index (Phi) is 3.57. The number of rotatable bonds is 2. The number of ether oxygens (including phenoxy) is 1. The maximum atomic E-state index is 10.9. The highest BCUT2D eigenvalue weighted by molar-refractivity contribution is 5.03. The highest BCUT2D eigenvalue weighted by Gasteiger charge is 2.51. The molecule has 0 bridgehead atoms. The van der Waals surface area contributed by atoms with E-state index in [4.69, 9.17) is 10.5 Å². The predicted molar refractivity (Wildman–Crippen MR) is 64.1 cm³/mol. The van der Waals surface area contributed by atoms with Crippen molar-refractivity contribution in [2.24, 2.45) is 17.1 Å². The molecule has 1 saturated carbocycles. The van der Waals surface area contributed by atoms with Crippen molar-refractivity contribution >= 4 is 0 Å². The molecule has 0 amide bonds. The fourth-order valence-electron chi connectivity index (χ4n) is 3.66. The number of nitrogens with two attached hydrogens (primary N) is 1. The van der Waals surface area contributed by atoms with E-state index < -0.39 is 5.60 Å². The molecule has 0 aromatic carbocycles. The summed E-state index contributed by atoms with van der Waals surface area (Å²) in [5.41, 5.74) is 5.24. The van der Waals surface area contributed by atoms with Crippen LogP contribution in [0.2, 0.25) is 0 Å². The summed E-state index contributed by atoms with van der Waals surface area (Å²) in [6.07, 6.45) is 6.42. The van der Waals surface area contributed by atoms with Gasteiger partial charge in [0, 0.05) is 18.6 Å². The molecule has 94 valence electrons. The fraction of sp³-hybridized carbons (Fsp3) is 1.00. The van der Waals surface area contributed by atoms with E-state index in [2.05, 4.69) is 6.92 Å². The van der Waals surface area contributed by atoms with Crippen molar-refractivity contribution in [3.05, 3.63) is 0 Å². The maximum Gasteiger partial charge on any atom is 0.0948 e. The second-order valence-electron chi connectivity index (χ2n) is 5.87. The van der Waals surface area contributed by atoms with Crippen LogP contribution in [0.3, 0.4) is 0 Å². The van der Waals surface area contributed by atoms with E-state index in [9.17, 15) is 5.11 Å². The van der Waals surface area contributed by atoms with Crippen LogP contribution in [-0.4, -0.2) is 30.5 Å². The summed E-state index contributed by atoms with van der Waals surface area (Å²) in [6, 6.07) is 0. The molecular formula is C13H25NO2. The van der Waals surface area contributed by atoms with E-state index in [0.29, 0.717) is 19.1 Å². The molecule has 1 saturated heterocycles. The first-order chi connectivity index (χ1) is 7.62. The first kappa shape index (κ1) is 12.3. The van der Waals surface area contributed by atoms with Gasteiger partial charge in [-0.2, -0.15) is 0 Å². The lowest BCUT2D eigenvalue weighted by Crippen LogP contribution is -2.58. The lowest BCUT2D eigenvalue weighted by atomic mass is 9.59. The lowest BCUT2D eigenvalue weighted by Gasteiger charge is -2.52. The molecule has 1 heterocycles. The van der Waals surface area contributed by atoms with Crippen LogP contribution < -0.4 is 5.73 Å². The van der Waals surface area contributed by atoms with E-state index >= 15 is 0 Å². The topological polar surface area (TPSA) is 55.5 Å². The molecule has 2 fully saturated rings. The Bertz CT molecular complexity index is 238. The van der Waals surface area contributed by atoms with E-state index in [0.717, 1.165) is 32.3 Å². The second-order valence-corrected chi connectivity index (χ2v) is 5.87. The number of hydrogen-bond donors (Lipinski definition) is 2. The first-order valence-corrected chi connectivity index (χ1v) is 6.62. The van der Waals surface area contributed by atoms with Gasteiger partial charge < -0.3 is 15.6 Å². The van der Waals surface area contributed by atoms with Gasteiger partial charge in [0.05, 0.1) is 12.2 Å². The first-order valence-electron chi connectivity index (χ1n) is 6.62. The fourth-order valence-corrected chi connectivity index (χ4v) is 3.66. The summed E-state index contributed by atoms with van der Waals surface area (Å²) < 4.78 is 5.49. The number of aliphatic hydroxyl groups is 1. The predicted octanol–water partition coefficient (Wildman–Crippen LogP) is 1.68. The minimum atomic E-state index is -0.672. The van der Waals surface area contributed by atoms with Crippen LogP contribution in [0.4, 0.5) is 0 Å². The van der Waals surface area contributed by atoms with Crippen LogP contribution in [-0.2, 0) is 4.74 Å². The van der Waals surface area contributed by atoms with Gasteiger partial charge in [0.1, 0.15) is 0 Å². The highest BCUT2D eigenvalue weighted by atomic mass is 16.5. The molecule has 0 aromatic heterocycles. The smallest absolute Gasteiger partial charge is 0.0948 e. The largest absolute Gasteiger partial charge is 0.387 e. The maximum absolute atomic E-state index is 10.9. The molecule has 3 nitrogen and oxygen atoms in total. The second kappa shape index (κ2) is 4.63. The van der Waals surface area contributed by atoms with Crippen molar-refractivity contribution in [2.75, 3.05) is 19.8 Å². The van der Waals surface area contributed by atoms with E-state index in [1.165, 1.54) is 12.8 Å². The van der Waals surface area contributed by atoms with Gasteiger partial charge in [-0.15, -0.1) is 0 Å². The third-order valence-corrected chi connectivity index (χ3v) is 4.69. The van der Waals surface area contributed by atoms with Crippen molar-refractivity contribution in [2.45, 2.75) is 51.0 Å². The molecule has 0 spiro atoms. The Labute approximate surface area is 98.4 Å². The lowest BCUT2D eigenvalue weighted by molar-refractivity contribution is -0.174. The molecule has 16 heavy (non-hydrogen) atoms. The SMILES string of the molecule is CC1CCCC(CN)(C2(O)CCCOC2)C1. The summed E-state index contributed by atoms with van der Waals surface area (Å²) in [4.78, 5) is 0. The van der Waals surface area contributed by atoms with Crippen molar-refractivity contribution < 1.29 is 9.84 Å². The Morgan fingerprint density at radius 2 is 2.19 bits per heavy atom. The molecular weight excluding hydrogens is 202 g/mol. The zero-order valence-corrected chi connectivity index (χ0v) is 10.4. The van der Waals surface area contributed by atoms with Gasteiger partial charge in [0.15, 0.2) is 0 Å². The molecule has 0 radical (unpaired) electrons. The molecule has 2 aliphatic rings. The van der Waals surface area contributed by atoms with Crippen molar-refractivity contribution in [3.8, 4) is 0 Å². The Balaban J connectivity index is 2.18. The third-order valence-electron chi connectivity index (χ3n) is 4.69. The number of hydrogen-bond acceptors (Lipinski definition) is 3. The Morgan fingerprint density at radius 3 is 2.75 bits per heavy atom. The van der Waals surface area contributed by atoms with Crippen molar-refractivity contribution in [3.63, 3.8) is 0 Å². The van der Waals surface area contributed by atoms with Crippen LogP contribution >= 0.6 is 0 Å².